The van der Waals surface area contributed by atoms with E-state index in [-0.39, 0.29) is 0 Å². The summed E-state index contributed by atoms with van der Waals surface area (Å²) in [6, 6.07) is 10.5. The Hall–Kier alpha value is -0.820. The van der Waals surface area contributed by atoms with Crippen molar-refractivity contribution in [3.8, 4) is 0 Å². The zero-order valence-corrected chi connectivity index (χ0v) is 10.9. The summed E-state index contributed by atoms with van der Waals surface area (Å²) < 4.78 is 0. The molecule has 1 aromatic carbocycles. The van der Waals surface area contributed by atoms with Crippen molar-refractivity contribution in [2.75, 3.05) is 6.61 Å². The van der Waals surface area contributed by atoms with Crippen molar-refractivity contribution >= 4 is 0 Å². The molecule has 0 amide bonds. The molecule has 1 N–H and O–H groups in total. The minimum atomic E-state index is 0.315. The molecular weight excluding hydrogens is 196 g/mol. The summed E-state index contributed by atoms with van der Waals surface area (Å²) in [6.07, 6.45) is 4.47. The Morgan fingerprint density at radius 3 is 2.12 bits per heavy atom. The highest BCUT2D eigenvalue weighted by atomic mass is 16.3. The van der Waals surface area contributed by atoms with Gasteiger partial charge >= 0.3 is 0 Å². The third-order valence-corrected chi connectivity index (χ3v) is 2.39. The lowest BCUT2D eigenvalue weighted by Gasteiger charge is -2.08. The maximum atomic E-state index is 8.73. The van der Waals surface area contributed by atoms with E-state index in [2.05, 4.69) is 45.0 Å². The van der Waals surface area contributed by atoms with E-state index in [1.54, 1.807) is 0 Å². The Balaban J connectivity index is 0.000000673. The predicted molar refractivity (Wildman–Crippen MR) is 71.6 cm³/mol. The number of hydrogen-bond donors (Lipinski definition) is 1. The minimum Gasteiger partial charge on any atom is -0.396 e. The predicted octanol–water partition coefficient (Wildman–Crippen LogP) is 4.05. The molecule has 0 bridgehead atoms. The Kier molecular flexibility index (Phi) is 10.1. The summed E-state index contributed by atoms with van der Waals surface area (Å²) in [5.74, 6) is 0.630. The second-order valence-corrected chi connectivity index (χ2v) is 4.35. The molecule has 1 heteroatoms. The van der Waals surface area contributed by atoms with Gasteiger partial charge in [0.15, 0.2) is 0 Å². The summed E-state index contributed by atoms with van der Waals surface area (Å²) >= 11 is 0. The second kappa shape index (κ2) is 10.7. The average molecular weight is 222 g/mol. The average Bonchev–Trinajstić information content (AvgIpc) is 2.29. The van der Waals surface area contributed by atoms with E-state index in [9.17, 15) is 0 Å². The lowest BCUT2D eigenvalue weighted by atomic mass is 9.99. The van der Waals surface area contributed by atoms with Gasteiger partial charge in [0.1, 0.15) is 0 Å². The van der Waals surface area contributed by atoms with E-state index >= 15 is 0 Å². The summed E-state index contributed by atoms with van der Waals surface area (Å²) in [7, 11) is 0. The first kappa shape index (κ1) is 15.2. The van der Waals surface area contributed by atoms with Gasteiger partial charge in [0, 0.05) is 6.61 Å². The zero-order chi connectivity index (χ0) is 12.2. The van der Waals surface area contributed by atoms with Crippen molar-refractivity contribution < 1.29 is 5.11 Å². The number of hydrogen-bond acceptors (Lipinski definition) is 1. The van der Waals surface area contributed by atoms with Crippen LogP contribution in [0.2, 0.25) is 0 Å². The van der Waals surface area contributed by atoms with Gasteiger partial charge < -0.3 is 5.11 Å². The van der Waals surface area contributed by atoms with Gasteiger partial charge in [-0.3, -0.25) is 0 Å². The standard InChI is InChI=1S/C12H18O.C3H8/c1-11(9-10-13)7-8-12-5-3-2-4-6-12;1-3-2/h2-6,11,13H,7-10H2,1H3;3H2,1-2H3. The van der Waals surface area contributed by atoms with Crippen molar-refractivity contribution in [1.82, 2.24) is 0 Å². The zero-order valence-electron chi connectivity index (χ0n) is 10.9. The van der Waals surface area contributed by atoms with Gasteiger partial charge in [-0.2, -0.15) is 0 Å². The Morgan fingerprint density at radius 2 is 1.62 bits per heavy atom. The molecule has 1 rings (SSSR count). The molecule has 0 aliphatic heterocycles. The molecule has 1 atom stereocenters. The van der Waals surface area contributed by atoms with E-state index in [4.69, 9.17) is 5.11 Å². The molecule has 0 saturated heterocycles. The van der Waals surface area contributed by atoms with Gasteiger partial charge in [-0.25, -0.2) is 0 Å². The molecule has 0 aliphatic rings. The first-order valence-corrected chi connectivity index (χ1v) is 6.39. The summed E-state index contributed by atoms with van der Waals surface area (Å²) in [5.41, 5.74) is 1.40. The normalized spacial score (nSPS) is 11.5. The van der Waals surface area contributed by atoms with E-state index in [0.29, 0.717) is 12.5 Å². The fourth-order valence-corrected chi connectivity index (χ4v) is 1.42. The molecule has 1 nitrogen and oxygen atoms in total. The molecule has 0 radical (unpaired) electrons. The highest BCUT2D eigenvalue weighted by Crippen LogP contribution is 2.11. The van der Waals surface area contributed by atoms with Crippen LogP contribution in [0.15, 0.2) is 30.3 Å². The quantitative estimate of drug-likeness (QED) is 0.796. The van der Waals surface area contributed by atoms with Gasteiger partial charge in [0.2, 0.25) is 0 Å². The molecule has 0 heterocycles. The third kappa shape index (κ3) is 8.49. The molecule has 92 valence electrons. The molecule has 0 saturated carbocycles. The number of aliphatic hydroxyl groups excluding tert-OH is 1. The Labute approximate surface area is 101 Å². The first-order valence-electron chi connectivity index (χ1n) is 6.39. The van der Waals surface area contributed by atoms with Crippen molar-refractivity contribution in [1.29, 1.82) is 0 Å². The highest BCUT2D eigenvalue weighted by molar-refractivity contribution is 5.14. The lowest BCUT2D eigenvalue weighted by Crippen LogP contribution is -1.99. The number of benzene rings is 1. The summed E-state index contributed by atoms with van der Waals surface area (Å²) in [5, 5.41) is 8.73. The van der Waals surface area contributed by atoms with Gasteiger partial charge in [-0.05, 0) is 30.7 Å². The van der Waals surface area contributed by atoms with E-state index < -0.39 is 0 Å². The molecule has 1 unspecified atom stereocenters. The number of aliphatic hydroxyl groups is 1. The maximum Gasteiger partial charge on any atom is 0.0433 e. The largest absolute Gasteiger partial charge is 0.396 e. The fraction of sp³-hybridized carbons (Fsp3) is 0.600. The number of rotatable bonds is 5. The molecule has 16 heavy (non-hydrogen) atoms. The SMILES string of the molecule is CC(CCO)CCc1ccccc1.CCC. The summed E-state index contributed by atoms with van der Waals surface area (Å²) in [4.78, 5) is 0. The monoisotopic (exact) mass is 222 g/mol. The summed E-state index contributed by atoms with van der Waals surface area (Å²) in [6.45, 7) is 6.76. The van der Waals surface area contributed by atoms with Crippen LogP contribution in [0.5, 0.6) is 0 Å². The molecule has 1 aromatic rings. The van der Waals surface area contributed by atoms with Crippen LogP contribution in [-0.2, 0) is 6.42 Å². The molecule has 0 aromatic heterocycles. The highest BCUT2D eigenvalue weighted by Gasteiger charge is 2.00. The fourth-order valence-electron chi connectivity index (χ4n) is 1.42. The number of aryl methyl sites for hydroxylation is 1. The topological polar surface area (TPSA) is 20.2 Å². The smallest absolute Gasteiger partial charge is 0.0433 e. The van der Waals surface area contributed by atoms with Crippen LogP contribution in [0.3, 0.4) is 0 Å². The van der Waals surface area contributed by atoms with E-state index in [1.165, 1.54) is 18.4 Å². The lowest BCUT2D eigenvalue weighted by molar-refractivity contribution is 0.258. The van der Waals surface area contributed by atoms with Crippen LogP contribution in [-0.4, -0.2) is 11.7 Å². The molecular formula is C15H26O. The van der Waals surface area contributed by atoms with Crippen molar-refractivity contribution in [2.45, 2.75) is 46.5 Å². The molecule has 0 aliphatic carbocycles. The van der Waals surface area contributed by atoms with Gasteiger partial charge in [-0.1, -0.05) is 57.5 Å². The Bertz CT molecular complexity index is 230. The second-order valence-electron chi connectivity index (χ2n) is 4.35. The van der Waals surface area contributed by atoms with E-state index in [1.807, 2.05) is 6.07 Å². The third-order valence-electron chi connectivity index (χ3n) is 2.39. The van der Waals surface area contributed by atoms with Crippen LogP contribution >= 0.6 is 0 Å². The van der Waals surface area contributed by atoms with Gasteiger partial charge in [0.25, 0.3) is 0 Å². The van der Waals surface area contributed by atoms with Crippen molar-refractivity contribution in [3.05, 3.63) is 35.9 Å². The van der Waals surface area contributed by atoms with Crippen LogP contribution in [0.25, 0.3) is 0 Å². The van der Waals surface area contributed by atoms with Crippen LogP contribution in [0.4, 0.5) is 0 Å². The first-order chi connectivity index (χ1) is 7.74. The van der Waals surface area contributed by atoms with Crippen LogP contribution < -0.4 is 0 Å². The van der Waals surface area contributed by atoms with Gasteiger partial charge in [-0.15, -0.1) is 0 Å². The molecule has 0 spiro atoms. The maximum absolute atomic E-state index is 8.73. The van der Waals surface area contributed by atoms with E-state index in [0.717, 1.165) is 12.8 Å². The molecule has 0 fully saturated rings. The van der Waals surface area contributed by atoms with Crippen LogP contribution in [0, 0.1) is 5.92 Å². The van der Waals surface area contributed by atoms with Crippen LogP contribution in [0.1, 0.15) is 45.6 Å². The van der Waals surface area contributed by atoms with Crippen molar-refractivity contribution in [3.63, 3.8) is 0 Å². The minimum absolute atomic E-state index is 0.315. The van der Waals surface area contributed by atoms with Crippen molar-refractivity contribution in [2.24, 2.45) is 5.92 Å². The van der Waals surface area contributed by atoms with Gasteiger partial charge in [0.05, 0.1) is 0 Å². The Morgan fingerprint density at radius 1 is 1.06 bits per heavy atom.